The van der Waals surface area contributed by atoms with E-state index in [1.807, 2.05) is 32.9 Å². The summed E-state index contributed by atoms with van der Waals surface area (Å²) in [7, 11) is -3.05. The van der Waals surface area contributed by atoms with Crippen LogP contribution in [0.5, 0.6) is 0 Å². The molecule has 2 heterocycles. The quantitative estimate of drug-likeness (QED) is 0.788. The van der Waals surface area contributed by atoms with E-state index in [2.05, 4.69) is 18.1 Å². The van der Waals surface area contributed by atoms with Crippen LogP contribution in [0.25, 0.3) is 11.3 Å². The number of nitrogens with zero attached hydrogens (tertiary/aromatic N) is 3. The fourth-order valence-corrected chi connectivity index (χ4v) is 5.23. The predicted octanol–water partition coefficient (Wildman–Crippen LogP) is 3.01. The maximum atomic E-state index is 12.8. The highest BCUT2D eigenvalue weighted by Gasteiger charge is 2.32. The summed E-state index contributed by atoms with van der Waals surface area (Å²) in [5.41, 5.74) is 4.46. The summed E-state index contributed by atoms with van der Waals surface area (Å²) in [5, 5.41) is 4.56. The number of benzene rings is 1. The van der Waals surface area contributed by atoms with E-state index in [1.54, 1.807) is 15.6 Å². The summed E-state index contributed by atoms with van der Waals surface area (Å²) >= 11 is 0. The smallest absolute Gasteiger partial charge is 0.274 e. The largest absolute Gasteiger partial charge is 0.338 e. The van der Waals surface area contributed by atoms with Gasteiger partial charge in [-0.2, -0.15) is 5.10 Å². The minimum Gasteiger partial charge on any atom is -0.338 e. The van der Waals surface area contributed by atoms with Gasteiger partial charge in [0.1, 0.15) is 0 Å². The summed E-state index contributed by atoms with van der Waals surface area (Å²) in [5.74, 6) is 0.124. The fraction of sp³-hybridized carbons (Fsp3) is 0.500. The summed E-state index contributed by atoms with van der Waals surface area (Å²) in [4.78, 5) is 14.5. The van der Waals surface area contributed by atoms with Gasteiger partial charge in [-0.05, 0) is 57.4 Å². The van der Waals surface area contributed by atoms with E-state index in [1.165, 1.54) is 5.56 Å². The second-order valence-electron chi connectivity index (χ2n) is 7.19. The molecule has 0 spiro atoms. The lowest BCUT2D eigenvalue weighted by atomic mass is 10.0. The molecule has 0 unspecified atom stereocenters. The minimum absolute atomic E-state index is 0.0748. The van der Waals surface area contributed by atoms with Crippen molar-refractivity contribution in [1.82, 2.24) is 14.7 Å². The third-order valence-corrected chi connectivity index (χ3v) is 7.11. The van der Waals surface area contributed by atoms with Gasteiger partial charge < -0.3 is 4.90 Å². The van der Waals surface area contributed by atoms with E-state index in [-0.39, 0.29) is 23.5 Å². The standard InChI is InChI=1S/C20H27N3O3S/c1-5-22(6-2)20(24)18-12-19(16-8-7-14(3)15(4)11-16)23(21-18)17-9-10-27(25,26)13-17/h7-8,11-12,17H,5-6,9-10,13H2,1-4H3/t17-/m1/s1. The predicted molar refractivity (Wildman–Crippen MR) is 107 cm³/mol. The lowest BCUT2D eigenvalue weighted by Crippen LogP contribution is -2.31. The van der Waals surface area contributed by atoms with Gasteiger partial charge in [0.25, 0.3) is 5.91 Å². The maximum absolute atomic E-state index is 12.8. The Morgan fingerprint density at radius 2 is 1.89 bits per heavy atom. The van der Waals surface area contributed by atoms with E-state index >= 15 is 0 Å². The van der Waals surface area contributed by atoms with Crippen molar-refractivity contribution in [2.75, 3.05) is 24.6 Å². The number of hydrogen-bond donors (Lipinski definition) is 0. The van der Waals surface area contributed by atoms with Crippen LogP contribution in [0.3, 0.4) is 0 Å². The van der Waals surface area contributed by atoms with Gasteiger partial charge in [-0.25, -0.2) is 8.42 Å². The number of aryl methyl sites for hydroxylation is 2. The number of sulfone groups is 1. The zero-order chi connectivity index (χ0) is 19.8. The van der Waals surface area contributed by atoms with Crippen LogP contribution in [0.4, 0.5) is 0 Å². The molecule has 146 valence electrons. The average molecular weight is 390 g/mol. The molecule has 0 N–H and O–H groups in total. The van der Waals surface area contributed by atoms with Gasteiger partial charge in [-0.1, -0.05) is 12.1 Å². The fourth-order valence-electron chi connectivity index (χ4n) is 3.53. The first-order chi connectivity index (χ1) is 12.8. The summed E-state index contributed by atoms with van der Waals surface area (Å²) in [6, 6.07) is 7.68. The normalized spacial score (nSPS) is 18.6. The van der Waals surface area contributed by atoms with Crippen LogP contribution in [0, 0.1) is 13.8 Å². The van der Waals surface area contributed by atoms with Crippen LogP contribution < -0.4 is 0 Å². The Morgan fingerprint density at radius 3 is 2.44 bits per heavy atom. The first kappa shape index (κ1) is 19.6. The summed E-state index contributed by atoms with van der Waals surface area (Å²) in [6.45, 7) is 9.19. The Kier molecular flexibility index (Phi) is 5.42. The van der Waals surface area contributed by atoms with E-state index in [9.17, 15) is 13.2 Å². The van der Waals surface area contributed by atoms with E-state index in [0.29, 0.717) is 25.2 Å². The molecule has 1 atom stereocenters. The second kappa shape index (κ2) is 7.46. The molecule has 1 amide bonds. The Morgan fingerprint density at radius 1 is 1.19 bits per heavy atom. The number of amides is 1. The van der Waals surface area contributed by atoms with Crippen molar-refractivity contribution >= 4 is 15.7 Å². The molecule has 0 saturated carbocycles. The van der Waals surface area contributed by atoms with Crippen molar-refractivity contribution in [3.63, 3.8) is 0 Å². The Bertz CT molecular complexity index is 959. The molecule has 1 aromatic carbocycles. The zero-order valence-electron chi connectivity index (χ0n) is 16.4. The van der Waals surface area contributed by atoms with Gasteiger partial charge in [0, 0.05) is 18.7 Å². The Balaban J connectivity index is 2.09. The highest BCUT2D eigenvalue weighted by molar-refractivity contribution is 7.91. The van der Waals surface area contributed by atoms with Crippen molar-refractivity contribution in [3.05, 3.63) is 41.1 Å². The van der Waals surface area contributed by atoms with Gasteiger partial charge in [0.2, 0.25) is 0 Å². The molecule has 27 heavy (non-hydrogen) atoms. The van der Waals surface area contributed by atoms with E-state index in [4.69, 9.17) is 0 Å². The van der Waals surface area contributed by atoms with Crippen molar-refractivity contribution in [2.45, 2.75) is 40.2 Å². The highest BCUT2D eigenvalue weighted by Crippen LogP contribution is 2.31. The van der Waals surface area contributed by atoms with E-state index in [0.717, 1.165) is 16.8 Å². The molecule has 0 radical (unpaired) electrons. The Hall–Kier alpha value is -2.15. The SMILES string of the molecule is CCN(CC)C(=O)c1cc(-c2ccc(C)c(C)c2)n([C@@H]2CCS(=O)(=O)C2)n1. The third kappa shape index (κ3) is 3.93. The third-order valence-electron chi connectivity index (χ3n) is 5.36. The van der Waals surface area contributed by atoms with Crippen LogP contribution >= 0.6 is 0 Å². The molecule has 3 rings (SSSR count). The molecular weight excluding hydrogens is 362 g/mol. The van der Waals surface area contributed by atoms with Crippen molar-refractivity contribution < 1.29 is 13.2 Å². The zero-order valence-corrected chi connectivity index (χ0v) is 17.2. The van der Waals surface area contributed by atoms with E-state index < -0.39 is 9.84 Å². The van der Waals surface area contributed by atoms with Crippen LogP contribution in [-0.4, -0.2) is 53.6 Å². The molecule has 2 aromatic rings. The average Bonchev–Trinajstić information content (AvgIpc) is 3.21. The van der Waals surface area contributed by atoms with Gasteiger partial charge in [0.15, 0.2) is 15.5 Å². The molecule has 7 heteroatoms. The van der Waals surface area contributed by atoms with Gasteiger partial charge in [-0.15, -0.1) is 0 Å². The topological polar surface area (TPSA) is 72.3 Å². The lowest BCUT2D eigenvalue weighted by Gasteiger charge is -2.17. The van der Waals surface area contributed by atoms with Gasteiger partial charge >= 0.3 is 0 Å². The molecule has 6 nitrogen and oxygen atoms in total. The van der Waals surface area contributed by atoms with Crippen LogP contribution in [0.2, 0.25) is 0 Å². The number of carbonyl (C=O) groups is 1. The van der Waals surface area contributed by atoms with Crippen molar-refractivity contribution in [3.8, 4) is 11.3 Å². The molecular formula is C20H27N3O3S. The molecule has 1 aliphatic rings. The summed E-state index contributed by atoms with van der Waals surface area (Å²) < 4.78 is 25.7. The van der Waals surface area contributed by atoms with Crippen LogP contribution in [0.15, 0.2) is 24.3 Å². The molecule has 1 fully saturated rings. The molecule has 1 saturated heterocycles. The molecule has 0 aliphatic carbocycles. The molecule has 1 aliphatic heterocycles. The second-order valence-corrected chi connectivity index (χ2v) is 9.42. The number of carbonyl (C=O) groups excluding carboxylic acids is 1. The van der Waals surface area contributed by atoms with Crippen molar-refractivity contribution in [2.24, 2.45) is 0 Å². The first-order valence-corrected chi connectivity index (χ1v) is 11.2. The Labute approximate surface area is 161 Å². The van der Waals surface area contributed by atoms with Crippen molar-refractivity contribution in [1.29, 1.82) is 0 Å². The maximum Gasteiger partial charge on any atom is 0.274 e. The monoisotopic (exact) mass is 389 g/mol. The van der Waals surface area contributed by atoms with Gasteiger partial charge in [-0.3, -0.25) is 9.48 Å². The van der Waals surface area contributed by atoms with Crippen LogP contribution in [0.1, 0.15) is 47.9 Å². The minimum atomic E-state index is -3.05. The summed E-state index contributed by atoms with van der Waals surface area (Å²) in [6.07, 6.45) is 0.529. The van der Waals surface area contributed by atoms with Gasteiger partial charge in [0.05, 0.1) is 23.2 Å². The lowest BCUT2D eigenvalue weighted by molar-refractivity contribution is 0.0766. The number of aromatic nitrogens is 2. The number of hydrogen-bond acceptors (Lipinski definition) is 4. The number of rotatable bonds is 5. The molecule has 1 aromatic heterocycles. The first-order valence-electron chi connectivity index (χ1n) is 9.42. The molecule has 0 bridgehead atoms. The highest BCUT2D eigenvalue weighted by atomic mass is 32.2. The van der Waals surface area contributed by atoms with Crippen LogP contribution in [-0.2, 0) is 9.84 Å².